The monoisotopic (exact) mass is 317 g/mol. The summed E-state index contributed by atoms with van der Waals surface area (Å²) in [6.45, 7) is 3.02. The van der Waals surface area contributed by atoms with Crippen molar-refractivity contribution in [3.63, 3.8) is 0 Å². The van der Waals surface area contributed by atoms with Crippen LogP contribution in [0.15, 0.2) is 42.7 Å². The van der Waals surface area contributed by atoms with Crippen molar-refractivity contribution in [1.82, 2.24) is 15.3 Å². The van der Waals surface area contributed by atoms with E-state index in [0.717, 1.165) is 28.3 Å². The number of halogens is 1. The van der Waals surface area contributed by atoms with Crippen molar-refractivity contribution in [2.45, 2.75) is 19.4 Å². The lowest BCUT2D eigenvalue weighted by Gasteiger charge is -2.18. The van der Waals surface area contributed by atoms with Gasteiger partial charge >= 0.3 is 0 Å². The summed E-state index contributed by atoms with van der Waals surface area (Å²) in [6, 6.07) is 10.4. The highest BCUT2D eigenvalue weighted by atomic mass is 35.5. The quantitative estimate of drug-likeness (QED) is 0.765. The van der Waals surface area contributed by atoms with E-state index in [2.05, 4.69) is 34.3 Å². The van der Waals surface area contributed by atoms with Gasteiger partial charge in [0.05, 0.1) is 15.4 Å². The molecular weight excluding hydrogens is 302 g/mol. The smallest absolute Gasteiger partial charge is 0.0934 e. The second-order valence-corrected chi connectivity index (χ2v) is 6.59. The first-order chi connectivity index (χ1) is 10.3. The van der Waals surface area contributed by atoms with Crippen molar-refractivity contribution >= 4 is 34.0 Å². The van der Waals surface area contributed by atoms with Crippen LogP contribution in [0.4, 0.5) is 0 Å². The van der Waals surface area contributed by atoms with Crippen LogP contribution in [0.25, 0.3) is 11.0 Å². The van der Waals surface area contributed by atoms with Gasteiger partial charge in [0.1, 0.15) is 0 Å². The second kappa shape index (κ2) is 6.52. The molecule has 2 heterocycles. The maximum atomic E-state index is 6.04. The molecule has 2 aromatic heterocycles. The Balaban J connectivity index is 1.98. The first kappa shape index (κ1) is 14.4. The molecule has 3 nitrogen and oxygen atoms in total. The van der Waals surface area contributed by atoms with E-state index in [0.29, 0.717) is 0 Å². The molecular formula is C16H16ClN3S. The van der Waals surface area contributed by atoms with Gasteiger partial charge in [-0.25, -0.2) is 0 Å². The molecule has 3 rings (SSSR count). The molecule has 0 saturated heterocycles. The second-order valence-electron chi connectivity index (χ2n) is 4.79. The molecule has 0 fully saturated rings. The summed E-state index contributed by atoms with van der Waals surface area (Å²) in [7, 11) is 0. The van der Waals surface area contributed by atoms with Crippen LogP contribution in [0.3, 0.4) is 0 Å². The van der Waals surface area contributed by atoms with Crippen molar-refractivity contribution in [2.75, 3.05) is 6.54 Å². The lowest BCUT2D eigenvalue weighted by Crippen LogP contribution is -2.23. The van der Waals surface area contributed by atoms with Crippen molar-refractivity contribution in [2.24, 2.45) is 0 Å². The molecule has 1 atom stereocenters. The first-order valence-electron chi connectivity index (χ1n) is 6.95. The van der Waals surface area contributed by atoms with Crippen molar-refractivity contribution in [3.05, 3.63) is 57.5 Å². The van der Waals surface area contributed by atoms with Crippen LogP contribution in [0.2, 0.25) is 4.34 Å². The average molecular weight is 318 g/mol. The Kier molecular flexibility index (Phi) is 4.48. The topological polar surface area (TPSA) is 37.8 Å². The maximum Gasteiger partial charge on any atom is 0.0934 e. The van der Waals surface area contributed by atoms with Gasteiger partial charge in [-0.1, -0.05) is 30.7 Å². The summed E-state index contributed by atoms with van der Waals surface area (Å²) in [6.07, 6.45) is 4.38. The Morgan fingerprint density at radius 2 is 2.05 bits per heavy atom. The van der Waals surface area contributed by atoms with Gasteiger partial charge in [-0.05, 0) is 30.3 Å². The van der Waals surface area contributed by atoms with Gasteiger partial charge in [0.15, 0.2) is 0 Å². The molecule has 1 N–H and O–H groups in total. The zero-order valence-corrected chi connectivity index (χ0v) is 13.3. The standard InChI is InChI=1S/C16H16ClN3S/c1-2-18-14(10-11-6-7-15(17)21-11)12-4-3-5-13-16(12)20-9-8-19-13/h3-9,14,18H,2,10H2,1H3. The van der Waals surface area contributed by atoms with E-state index in [-0.39, 0.29) is 6.04 Å². The van der Waals surface area contributed by atoms with E-state index >= 15 is 0 Å². The summed E-state index contributed by atoms with van der Waals surface area (Å²) < 4.78 is 0.831. The minimum absolute atomic E-state index is 0.213. The molecule has 0 aliphatic rings. The van der Waals surface area contributed by atoms with Crippen LogP contribution in [0.1, 0.15) is 23.4 Å². The number of fused-ring (bicyclic) bond motifs is 1. The predicted molar refractivity (Wildman–Crippen MR) is 89.0 cm³/mol. The summed E-state index contributed by atoms with van der Waals surface area (Å²) in [5.74, 6) is 0. The molecule has 0 amide bonds. The highest BCUT2D eigenvalue weighted by molar-refractivity contribution is 7.16. The molecule has 0 radical (unpaired) electrons. The van der Waals surface area contributed by atoms with Gasteiger partial charge in [0.25, 0.3) is 0 Å². The van der Waals surface area contributed by atoms with Crippen LogP contribution in [-0.2, 0) is 6.42 Å². The van der Waals surface area contributed by atoms with E-state index in [4.69, 9.17) is 11.6 Å². The minimum atomic E-state index is 0.213. The summed E-state index contributed by atoms with van der Waals surface area (Å²) in [5, 5.41) is 3.54. The summed E-state index contributed by atoms with van der Waals surface area (Å²) in [4.78, 5) is 10.2. The van der Waals surface area contributed by atoms with Gasteiger partial charge < -0.3 is 5.32 Å². The Hall–Kier alpha value is -1.49. The first-order valence-corrected chi connectivity index (χ1v) is 8.14. The largest absolute Gasteiger partial charge is 0.310 e. The number of nitrogens with one attached hydrogen (secondary N) is 1. The van der Waals surface area contributed by atoms with Crippen LogP contribution in [-0.4, -0.2) is 16.5 Å². The van der Waals surface area contributed by atoms with E-state index in [1.807, 2.05) is 18.2 Å². The summed E-state index contributed by atoms with van der Waals surface area (Å²) >= 11 is 7.67. The SMILES string of the molecule is CCNC(Cc1ccc(Cl)s1)c1cccc2nccnc12. The number of hydrogen-bond donors (Lipinski definition) is 1. The highest BCUT2D eigenvalue weighted by Crippen LogP contribution is 2.29. The fourth-order valence-electron chi connectivity index (χ4n) is 2.50. The van der Waals surface area contributed by atoms with Gasteiger partial charge in [0, 0.05) is 29.7 Å². The zero-order chi connectivity index (χ0) is 14.7. The van der Waals surface area contributed by atoms with Gasteiger partial charge in [-0.15, -0.1) is 11.3 Å². The third-order valence-electron chi connectivity index (χ3n) is 3.39. The number of hydrogen-bond acceptors (Lipinski definition) is 4. The van der Waals surface area contributed by atoms with Crippen LogP contribution in [0, 0.1) is 0 Å². The van der Waals surface area contributed by atoms with Crippen molar-refractivity contribution in [1.29, 1.82) is 0 Å². The van der Waals surface area contributed by atoms with E-state index in [1.54, 1.807) is 23.7 Å². The van der Waals surface area contributed by atoms with Crippen LogP contribution >= 0.6 is 22.9 Å². The molecule has 0 saturated carbocycles. The Morgan fingerprint density at radius 3 is 2.81 bits per heavy atom. The number of nitrogens with zero attached hydrogens (tertiary/aromatic N) is 2. The molecule has 5 heteroatoms. The van der Waals surface area contributed by atoms with Gasteiger partial charge in [-0.3, -0.25) is 9.97 Å². The number of likely N-dealkylation sites (N-methyl/N-ethyl adjacent to an activating group) is 1. The normalized spacial score (nSPS) is 12.7. The molecule has 21 heavy (non-hydrogen) atoms. The third kappa shape index (κ3) is 3.23. The molecule has 1 aromatic carbocycles. The Bertz CT molecular complexity index is 736. The molecule has 1 unspecified atom stereocenters. The fraction of sp³-hybridized carbons (Fsp3) is 0.250. The molecule has 0 aliphatic carbocycles. The number of benzene rings is 1. The average Bonchev–Trinajstić information content (AvgIpc) is 2.91. The van der Waals surface area contributed by atoms with Crippen molar-refractivity contribution < 1.29 is 0 Å². The Labute approximate surface area is 133 Å². The van der Waals surface area contributed by atoms with Gasteiger partial charge in [-0.2, -0.15) is 0 Å². The van der Waals surface area contributed by atoms with E-state index in [1.165, 1.54) is 10.4 Å². The Morgan fingerprint density at radius 1 is 1.19 bits per heavy atom. The molecule has 0 spiro atoms. The maximum absolute atomic E-state index is 6.04. The number of aromatic nitrogens is 2. The van der Waals surface area contributed by atoms with Crippen LogP contribution < -0.4 is 5.32 Å². The number of rotatable bonds is 5. The van der Waals surface area contributed by atoms with Crippen LogP contribution in [0.5, 0.6) is 0 Å². The number of para-hydroxylation sites is 1. The summed E-state index contributed by atoms with van der Waals surface area (Å²) in [5.41, 5.74) is 3.09. The molecule has 0 aliphatic heterocycles. The zero-order valence-electron chi connectivity index (χ0n) is 11.7. The third-order valence-corrected chi connectivity index (χ3v) is 4.64. The molecule has 3 aromatic rings. The molecule has 108 valence electrons. The van der Waals surface area contributed by atoms with E-state index < -0.39 is 0 Å². The molecule has 0 bridgehead atoms. The minimum Gasteiger partial charge on any atom is -0.310 e. The predicted octanol–water partition coefficient (Wildman–Crippen LogP) is 4.24. The number of thiophene rings is 1. The highest BCUT2D eigenvalue weighted by Gasteiger charge is 2.16. The fourth-order valence-corrected chi connectivity index (χ4v) is 3.63. The van der Waals surface area contributed by atoms with E-state index in [9.17, 15) is 0 Å². The van der Waals surface area contributed by atoms with Crippen molar-refractivity contribution in [3.8, 4) is 0 Å². The lowest BCUT2D eigenvalue weighted by molar-refractivity contribution is 0.556. The van der Waals surface area contributed by atoms with Gasteiger partial charge in [0.2, 0.25) is 0 Å². The lowest BCUT2D eigenvalue weighted by atomic mass is 10.0.